The number of urea groups is 1. The van der Waals surface area contributed by atoms with E-state index in [1.165, 1.54) is 12.1 Å². The first-order valence-corrected chi connectivity index (χ1v) is 8.48. The van der Waals surface area contributed by atoms with Crippen molar-refractivity contribution < 1.29 is 9.18 Å². The standard InChI is InChI=1S/C18H23FN4O/c1-2-9-23(10-6-14-4-3-5-15(19)13-14)18(24)21-16-7-11-22-12-8-20-17(16)22/h3-5,8,12-13,16H,2,6-7,9-11H2,1H3,(H,21,24)/t16-/m0/s1. The van der Waals surface area contributed by atoms with E-state index in [0.717, 1.165) is 30.8 Å². The lowest BCUT2D eigenvalue weighted by Gasteiger charge is -2.24. The molecule has 128 valence electrons. The van der Waals surface area contributed by atoms with Crippen LogP contribution in [0.2, 0.25) is 0 Å². The van der Waals surface area contributed by atoms with Crippen molar-refractivity contribution in [3.8, 4) is 0 Å². The fourth-order valence-corrected chi connectivity index (χ4v) is 3.14. The third kappa shape index (κ3) is 3.75. The molecule has 5 nitrogen and oxygen atoms in total. The molecular weight excluding hydrogens is 307 g/mol. The Morgan fingerprint density at radius 1 is 1.46 bits per heavy atom. The molecule has 1 atom stereocenters. The number of aromatic nitrogens is 2. The fraction of sp³-hybridized carbons (Fsp3) is 0.444. The van der Waals surface area contributed by atoms with Gasteiger partial charge in [-0.2, -0.15) is 0 Å². The number of benzene rings is 1. The molecule has 1 aromatic carbocycles. The van der Waals surface area contributed by atoms with Crippen molar-refractivity contribution in [3.63, 3.8) is 0 Å². The highest BCUT2D eigenvalue weighted by Crippen LogP contribution is 2.23. The molecule has 2 aromatic rings. The second-order valence-electron chi connectivity index (χ2n) is 6.14. The van der Waals surface area contributed by atoms with E-state index in [2.05, 4.69) is 14.9 Å². The number of halogens is 1. The Morgan fingerprint density at radius 2 is 2.33 bits per heavy atom. The molecule has 6 heteroatoms. The number of hydrogen-bond acceptors (Lipinski definition) is 2. The maximum atomic E-state index is 13.3. The highest BCUT2D eigenvalue weighted by Gasteiger charge is 2.26. The second kappa shape index (κ2) is 7.47. The van der Waals surface area contributed by atoms with Gasteiger partial charge < -0.3 is 14.8 Å². The van der Waals surface area contributed by atoms with Crippen LogP contribution in [0.1, 0.15) is 37.2 Å². The highest BCUT2D eigenvalue weighted by atomic mass is 19.1. The summed E-state index contributed by atoms with van der Waals surface area (Å²) < 4.78 is 15.3. The van der Waals surface area contributed by atoms with E-state index in [1.807, 2.05) is 19.2 Å². The van der Waals surface area contributed by atoms with Gasteiger partial charge in [-0.1, -0.05) is 19.1 Å². The molecule has 0 spiro atoms. The van der Waals surface area contributed by atoms with Gasteiger partial charge in [0.05, 0.1) is 6.04 Å². The van der Waals surface area contributed by atoms with E-state index < -0.39 is 0 Å². The largest absolute Gasteiger partial charge is 0.333 e. The van der Waals surface area contributed by atoms with E-state index >= 15 is 0 Å². The maximum absolute atomic E-state index is 13.3. The number of carbonyl (C=O) groups excluding carboxylic acids is 1. The monoisotopic (exact) mass is 330 g/mol. The lowest BCUT2D eigenvalue weighted by atomic mass is 10.1. The normalized spacial score (nSPS) is 16.0. The van der Waals surface area contributed by atoms with E-state index in [1.54, 1.807) is 17.2 Å². The zero-order chi connectivity index (χ0) is 16.9. The summed E-state index contributed by atoms with van der Waals surface area (Å²) in [6.45, 7) is 4.19. The third-order valence-electron chi connectivity index (χ3n) is 4.36. The van der Waals surface area contributed by atoms with Crippen molar-refractivity contribution in [2.75, 3.05) is 13.1 Å². The summed E-state index contributed by atoms with van der Waals surface area (Å²) in [5.41, 5.74) is 0.903. The quantitative estimate of drug-likeness (QED) is 0.885. The smallest absolute Gasteiger partial charge is 0.317 e. The Bertz CT molecular complexity index is 700. The number of rotatable bonds is 6. The Labute approximate surface area is 141 Å². The molecule has 0 radical (unpaired) electrons. The Kier molecular flexibility index (Phi) is 5.13. The minimum absolute atomic E-state index is 0.0268. The molecular formula is C18H23FN4O. The van der Waals surface area contributed by atoms with Gasteiger partial charge in [-0.15, -0.1) is 0 Å². The lowest BCUT2D eigenvalue weighted by molar-refractivity contribution is 0.194. The number of imidazole rings is 1. The van der Waals surface area contributed by atoms with Crippen LogP contribution in [0, 0.1) is 5.82 Å². The number of carbonyl (C=O) groups is 1. The zero-order valence-corrected chi connectivity index (χ0v) is 13.9. The van der Waals surface area contributed by atoms with Crippen LogP contribution < -0.4 is 5.32 Å². The van der Waals surface area contributed by atoms with Gasteiger partial charge in [-0.05, 0) is 37.0 Å². The van der Waals surface area contributed by atoms with Gasteiger partial charge in [-0.25, -0.2) is 14.2 Å². The molecule has 2 heterocycles. The summed E-state index contributed by atoms with van der Waals surface area (Å²) in [6.07, 6.45) is 6.11. The number of fused-ring (bicyclic) bond motifs is 1. The minimum Gasteiger partial charge on any atom is -0.333 e. The summed E-state index contributed by atoms with van der Waals surface area (Å²) in [5, 5.41) is 3.08. The van der Waals surface area contributed by atoms with Crippen molar-refractivity contribution in [3.05, 3.63) is 53.9 Å². The average Bonchev–Trinajstić information content (AvgIpc) is 3.16. The van der Waals surface area contributed by atoms with Gasteiger partial charge in [0.15, 0.2) is 0 Å². The molecule has 0 aliphatic carbocycles. The first-order chi connectivity index (χ1) is 11.7. The van der Waals surface area contributed by atoms with Crippen LogP contribution in [0.25, 0.3) is 0 Å². The van der Waals surface area contributed by atoms with E-state index in [0.29, 0.717) is 19.5 Å². The minimum atomic E-state index is -0.239. The average molecular weight is 330 g/mol. The Hall–Kier alpha value is -2.37. The topological polar surface area (TPSA) is 50.2 Å². The molecule has 1 N–H and O–H groups in total. The molecule has 0 saturated carbocycles. The lowest BCUT2D eigenvalue weighted by Crippen LogP contribution is -2.42. The molecule has 0 fully saturated rings. The summed E-state index contributed by atoms with van der Waals surface area (Å²) in [7, 11) is 0. The number of nitrogens with zero attached hydrogens (tertiary/aromatic N) is 3. The van der Waals surface area contributed by atoms with Gasteiger partial charge in [0.25, 0.3) is 0 Å². The van der Waals surface area contributed by atoms with Crippen molar-refractivity contribution in [1.82, 2.24) is 19.8 Å². The molecule has 24 heavy (non-hydrogen) atoms. The van der Waals surface area contributed by atoms with Gasteiger partial charge in [-0.3, -0.25) is 0 Å². The van der Waals surface area contributed by atoms with E-state index in [9.17, 15) is 9.18 Å². The van der Waals surface area contributed by atoms with Crippen LogP contribution in [0.4, 0.5) is 9.18 Å². The van der Waals surface area contributed by atoms with Crippen LogP contribution in [0.5, 0.6) is 0 Å². The molecule has 2 amide bonds. The number of amides is 2. The summed E-state index contributed by atoms with van der Waals surface area (Å²) in [5.74, 6) is 0.682. The molecule has 0 unspecified atom stereocenters. The molecule has 3 rings (SSSR count). The van der Waals surface area contributed by atoms with Crippen molar-refractivity contribution >= 4 is 6.03 Å². The number of hydrogen-bond donors (Lipinski definition) is 1. The molecule has 1 aliphatic rings. The first-order valence-electron chi connectivity index (χ1n) is 8.48. The molecule has 0 bridgehead atoms. The summed E-state index contributed by atoms with van der Waals surface area (Å²) in [6, 6.07) is 6.44. The highest BCUT2D eigenvalue weighted by molar-refractivity contribution is 5.74. The fourth-order valence-electron chi connectivity index (χ4n) is 3.14. The van der Waals surface area contributed by atoms with Gasteiger partial charge in [0.1, 0.15) is 11.6 Å². The van der Waals surface area contributed by atoms with Gasteiger partial charge in [0.2, 0.25) is 0 Å². The van der Waals surface area contributed by atoms with Crippen LogP contribution in [-0.4, -0.2) is 33.6 Å². The Morgan fingerprint density at radius 3 is 3.12 bits per heavy atom. The van der Waals surface area contributed by atoms with Gasteiger partial charge >= 0.3 is 6.03 Å². The third-order valence-corrected chi connectivity index (χ3v) is 4.36. The summed E-state index contributed by atoms with van der Waals surface area (Å²) in [4.78, 5) is 18.7. The number of nitrogens with one attached hydrogen (secondary N) is 1. The van der Waals surface area contributed by atoms with Crippen molar-refractivity contribution in [1.29, 1.82) is 0 Å². The molecule has 0 saturated heterocycles. The molecule has 1 aliphatic heterocycles. The van der Waals surface area contributed by atoms with E-state index in [4.69, 9.17) is 0 Å². The van der Waals surface area contributed by atoms with E-state index in [-0.39, 0.29) is 17.9 Å². The van der Waals surface area contributed by atoms with Crippen LogP contribution in [0.3, 0.4) is 0 Å². The SMILES string of the molecule is CCCN(CCc1cccc(F)c1)C(=O)N[C@H]1CCn2ccnc21. The first kappa shape index (κ1) is 16.5. The predicted octanol–water partition coefficient (Wildman–Crippen LogP) is 3.13. The summed E-state index contributed by atoms with van der Waals surface area (Å²) >= 11 is 0. The predicted molar refractivity (Wildman–Crippen MR) is 90.1 cm³/mol. The maximum Gasteiger partial charge on any atom is 0.317 e. The van der Waals surface area contributed by atoms with Crippen LogP contribution in [-0.2, 0) is 13.0 Å². The van der Waals surface area contributed by atoms with Crippen molar-refractivity contribution in [2.45, 2.75) is 38.8 Å². The second-order valence-corrected chi connectivity index (χ2v) is 6.14. The Balaban J connectivity index is 1.59. The van der Waals surface area contributed by atoms with Crippen molar-refractivity contribution in [2.24, 2.45) is 0 Å². The van der Waals surface area contributed by atoms with Crippen LogP contribution in [0.15, 0.2) is 36.7 Å². The van der Waals surface area contributed by atoms with Gasteiger partial charge in [0, 0.05) is 32.0 Å². The molecule has 1 aromatic heterocycles. The zero-order valence-electron chi connectivity index (χ0n) is 13.9. The van der Waals surface area contributed by atoms with Crippen LogP contribution >= 0.6 is 0 Å². The number of aryl methyl sites for hydroxylation is 1.